The topological polar surface area (TPSA) is 123 Å². The van der Waals surface area contributed by atoms with Crippen LogP contribution in [0.2, 0.25) is 0 Å². The van der Waals surface area contributed by atoms with Crippen LogP contribution in [0.5, 0.6) is 11.5 Å². The summed E-state index contributed by atoms with van der Waals surface area (Å²) in [7, 11) is -2.40. The molecule has 0 atom stereocenters. The van der Waals surface area contributed by atoms with Crippen molar-refractivity contribution in [2.45, 2.75) is 4.90 Å². The molecule has 8 nitrogen and oxygen atoms in total. The molecular weight excluding hydrogens is 434 g/mol. The third-order valence-electron chi connectivity index (χ3n) is 4.73. The Kier molecular flexibility index (Phi) is 5.41. The van der Waals surface area contributed by atoms with Crippen molar-refractivity contribution in [3.63, 3.8) is 0 Å². The molecule has 4 rings (SSSR count). The molecule has 0 spiro atoms. The van der Waals surface area contributed by atoms with Gasteiger partial charge in [-0.05, 0) is 48.5 Å². The average molecular weight is 451 g/mol. The van der Waals surface area contributed by atoms with Gasteiger partial charge in [-0.1, -0.05) is 18.2 Å². The average Bonchev–Trinajstić information content (AvgIpc) is 2.79. The normalized spacial score (nSPS) is 11.3. The number of rotatable bonds is 6. The van der Waals surface area contributed by atoms with E-state index in [1.165, 1.54) is 61.7 Å². The molecule has 1 heterocycles. The van der Waals surface area contributed by atoms with E-state index >= 15 is 0 Å². The highest BCUT2D eigenvalue weighted by atomic mass is 32.2. The number of phenolic OH excluding ortho intramolecular Hbond substituents is 1. The number of hydrogen-bond acceptors (Lipinski definition) is 7. The Labute approximate surface area is 182 Å². The molecule has 3 aromatic carbocycles. The number of fused-ring (bicyclic) bond motifs is 1. The molecular formula is C23H17NO7S. The highest BCUT2D eigenvalue weighted by Gasteiger charge is 2.18. The van der Waals surface area contributed by atoms with Crippen molar-refractivity contribution >= 4 is 32.5 Å². The molecule has 9 heteroatoms. The summed E-state index contributed by atoms with van der Waals surface area (Å²) in [5.41, 5.74) is -0.527. The van der Waals surface area contributed by atoms with Gasteiger partial charge in [-0.3, -0.25) is 9.52 Å². The first-order valence-corrected chi connectivity index (χ1v) is 10.8. The molecule has 0 bridgehead atoms. The van der Waals surface area contributed by atoms with E-state index in [4.69, 9.17) is 9.15 Å². The van der Waals surface area contributed by atoms with Crippen molar-refractivity contribution in [3.8, 4) is 11.5 Å². The minimum Gasteiger partial charge on any atom is -0.504 e. The lowest BCUT2D eigenvalue weighted by atomic mass is 10.0. The van der Waals surface area contributed by atoms with Crippen LogP contribution in [-0.2, 0) is 10.0 Å². The van der Waals surface area contributed by atoms with E-state index in [1.54, 1.807) is 18.2 Å². The van der Waals surface area contributed by atoms with Gasteiger partial charge in [0.2, 0.25) is 0 Å². The van der Waals surface area contributed by atoms with Crippen LogP contribution in [0.3, 0.4) is 0 Å². The quantitative estimate of drug-likeness (QED) is 0.339. The van der Waals surface area contributed by atoms with Crippen LogP contribution in [0.1, 0.15) is 15.9 Å². The van der Waals surface area contributed by atoms with Crippen LogP contribution >= 0.6 is 0 Å². The van der Waals surface area contributed by atoms with Crippen LogP contribution in [0, 0.1) is 0 Å². The summed E-state index contributed by atoms with van der Waals surface area (Å²) in [6.07, 6.45) is 0. The van der Waals surface area contributed by atoms with E-state index in [9.17, 15) is 23.1 Å². The van der Waals surface area contributed by atoms with Crippen molar-refractivity contribution in [1.82, 2.24) is 0 Å². The highest BCUT2D eigenvalue weighted by molar-refractivity contribution is 7.92. The van der Waals surface area contributed by atoms with Crippen LogP contribution in [0.25, 0.3) is 11.0 Å². The lowest BCUT2D eigenvalue weighted by Crippen LogP contribution is -2.15. The first-order valence-electron chi connectivity index (χ1n) is 9.36. The van der Waals surface area contributed by atoms with Crippen molar-refractivity contribution < 1.29 is 27.5 Å². The molecule has 0 aliphatic heterocycles. The van der Waals surface area contributed by atoms with Gasteiger partial charge in [-0.15, -0.1) is 0 Å². The highest BCUT2D eigenvalue weighted by Crippen LogP contribution is 2.31. The number of methoxy groups -OCH3 is 1. The van der Waals surface area contributed by atoms with E-state index in [0.717, 1.165) is 0 Å². The maximum absolute atomic E-state index is 12.9. The van der Waals surface area contributed by atoms with Crippen molar-refractivity contribution in [1.29, 1.82) is 0 Å². The van der Waals surface area contributed by atoms with E-state index in [2.05, 4.69) is 4.72 Å². The fraction of sp³-hybridized carbons (Fsp3) is 0.0435. The second-order valence-corrected chi connectivity index (χ2v) is 8.52. The zero-order valence-corrected chi connectivity index (χ0v) is 17.5. The summed E-state index contributed by atoms with van der Waals surface area (Å²) in [6.45, 7) is 0. The molecule has 0 saturated carbocycles. The molecule has 162 valence electrons. The van der Waals surface area contributed by atoms with Gasteiger partial charge in [-0.2, -0.15) is 0 Å². The number of ether oxygens (including phenoxy) is 1. The molecule has 2 N–H and O–H groups in total. The van der Waals surface area contributed by atoms with Crippen molar-refractivity contribution in [3.05, 3.63) is 94.3 Å². The minimum atomic E-state index is -3.77. The SMILES string of the molecule is COc1cc2cc(C(=O)c3ccc(NS(=O)(=O)c4ccccc4)cc3)c(=O)oc2cc1O. The first kappa shape index (κ1) is 21.1. The van der Waals surface area contributed by atoms with Crippen molar-refractivity contribution in [2.24, 2.45) is 0 Å². The Morgan fingerprint density at radius 2 is 1.69 bits per heavy atom. The van der Waals surface area contributed by atoms with Crippen LogP contribution in [0.15, 0.2) is 86.9 Å². The van der Waals surface area contributed by atoms with Crippen LogP contribution in [-0.4, -0.2) is 26.4 Å². The molecule has 0 fully saturated rings. The summed E-state index contributed by atoms with van der Waals surface area (Å²) in [4.78, 5) is 25.3. The number of hydrogen-bond donors (Lipinski definition) is 2. The maximum atomic E-state index is 12.9. The van der Waals surface area contributed by atoms with Crippen LogP contribution in [0.4, 0.5) is 5.69 Å². The molecule has 0 amide bonds. The Balaban J connectivity index is 1.63. The number of phenols is 1. The van der Waals surface area contributed by atoms with Gasteiger partial charge < -0.3 is 14.3 Å². The molecule has 4 aromatic rings. The number of aromatic hydroxyl groups is 1. The predicted molar refractivity (Wildman–Crippen MR) is 118 cm³/mol. The summed E-state index contributed by atoms with van der Waals surface area (Å²) in [5, 5.41) is 10.2. The fourth-order valence-electron chi connectivity index (χ4n) is 3.12. The number of nitrogens with one attached hydrogen (secondary N) is 1. The maximum Gasteiger partial charge on any atom is 0.347 e. The third kappa shape index (κ3) is 4.06. The number of carbonyl (C=O) groups excluding carboxylic acids is 1. The summed E-state index contributed by atoms with van der Waals surface area (Å²) in [5.74, 6) is -0.624. The standard InChI is InChI=1S/C23H17NO7S/c1-30-21-12-15-11-18(23(27)31-20(15)13-19(21)25)22(26)14-7-9-16(10-8-14)24-32(28,29)17-5-3-2-4-6-17/h2-13,24-25H,1H3. The number of sulfonamides is 1. The molecule has 0 aliphatic rings. The fourth-order valence-corrected chi connectivity index (χ4v) is 4.20. The Bertz CT molecular complexity index is 1480. The molecule has 0 radical (unpaired) electrons. The van der Waals surface area contributed by atoms with E-state index < -0.39 is 21.4 Å². The second kappa shape index (κ2) is 8.20. The Morgan fingerprint density at radius 1 is 1.00 bits per heavy atom. The molecule has 0 unspecified atom stereocenters. The number of anilines is 1. The third-order valence-corrected chi connectivity index (χ3v) is 6.13. The minimum absolute atomic E-state index is 0.107. The largest absolute Gasteiger partial charge is 0.504 e. The van der Waals surface area contributed by atoms with Crippen molar-refractivity contribution in [2.75, 3.05) is 11.8 Å². The summed E-state index contributed by atoms with van der Waals surface area (Å²) >= 11 is 0. The van der Waals surface area contributed by atoms with E-state index in [0.29, 0.717) is 5.39 Å². The lowest BCUT2D eigenvalue weighted by Gasteiger charge is -2.09. The Morgan fingerprint density at radius 3 is 2.34 bits per heavy atom. The van der Waals surface area contributed by atoms with Gasteiger partial charge in [0.1, 0.15) is 11.1 Å². The van der Waals surface area contributed by atoms with Gasteiger partial charge in [0.05, 0.1) is 12.0 Å². The summed E-state index contributed by atoms with van der Waals surface area (Å²) < 4.78 is 37.5. The number of ketones is 1. The first-order chi connectivity index (χ1) is 15.3. The second-order valence-electron chi connectivity index (χ2n) is 6.83. The van der Waals surface area contributed by atoms with Gasteiger partial charge in [0.25, 0.3) is 10.0 Å². The molecule has 32 heavy (non-hydrogen) atoms. The van der Waals surface area contributed by atoms with Gasteiger partial charge in [-0.25, -0.2) is 13.2 Å². The molecule has 1 aromatic heterocycles. The number of carbonyl (C=O) groups is 1. The monoisotopic (exact) mass is 451 g/mol. The smallest absolute Gasteiger partial charge is 0.347 e. The molecule has 0 aliphatic carbocycles. The van der Waals surface area contributed by atoms with Gasteiger partial charge in [0, 0.05) is 22.7 Å². The van der Waals surface area contributed by atoms with E-state index in [1.807, 2.05) is 0 Å². The molecule has 0 saturated heterocycles. The predicted octanol–water partition coefficient (Wildman–Crippen LogP) is 3.54. The summed E-state index contributed by atoms with van der Waals surface area (Å²) in [6, 6.07) is 17.6. The van der Waals surface area contributed by atoms with Gasteiger partial charge >= 0.3 is 5.63 Å². The zero-order chi connectivity index (χ0) is 22.9. The van der Waals surface area contributed by atoms with Gasteiger partial charge in [0.15, 0.2) is 17.3 Å². The Hall–Kier alpha value is -4.11. The van der Waals surface area contributed by atoms with E-state index in [-0.39, 0.29) is 38.8 Å². The number of benzene rings is 3. The van der Waals surface area contributed by atoms with Crippen LogP contribution < -0.4 is 15.1 Å². The lowest BCUT2D eigenvalue weighted by molar-refractivity contribution is 0.103. The zero-order valence-electron chi connectivity index (χ0n) is 16.7.